The van der Waals surface area contributed by atoms with Crippen molar-refractivity contribution in [1.29, 1.82) is 0 Å². The molecule has 6 heteroatoms. The van der Waals surface area contributed by atoms with Gasteiger partial charge in [0.25, 0.3) is 0 Å². The molecule has 0 amide bonds. The van der Waals surface area contributed by atoms with Crippen LogP contribution in [-0.4, -0.2) is 46.5 Å². The fourth-order valence-electron chi connectivity index (χ4n) is 1.35. The molecule has 0 aliphatic rings. The topological polar surface area (TPSA) is 69.5 Å². The van der Waals surface area contributed by atoms with E-state index >= 15 is 0 Å². The maximum absolute atomic E-state index is 8.92. The molecule has 1 aromatic heterocycles. The Labute approximate surface area is 99.7 Å². The van der Waals surface area contributed by atoms with Gasteiger partial charge in [0.05, 0.1) is 13.2 Å². The van der Waals surface area contributed by atoms with E-state index in [9.17, 15) is 0 Å². The summed E-state index contributed by atoms with van der Waals surface area (Å²) < 4.78 is 0. The van der Waals surface area contributed by atoms with Crippen molar-refractivity contribution in [3.63, 3.8) is 0 Å². The highest BCUT2D eigenvalue weighted by molar-refractivity contribution is 6.29. The predicted octanol–water partition coefficient (Wildman–Crippen LogP) is 0.483. The van der Waals surface area contributed by atoms with Gasteiger partial charge >= 0.3 is 0 Å². The Bertz CT molecular complexity index is 330. The molecule has 0 spiro atoms. The van der Waals surface area contributed by atoms with Crippen molar-refractivity contribution >= 4 is 17.4 Å². The van der Waals surface area contributed by atoms with Crippen molar-refractivity contribution < 1.29 is 10.2 Å². The molecule has 2 N–H and O–H groups in total. The van der Waals surface area contributed by atoms with Crippen LogP contribution in [-0.2, 0) is 6.42 Å². The third kappa shape index (κ3) is 3.59. The van der Waals surface area contributed by atoms with Crippen molar-refractivity contribution in [2.75, 3.05) is 31.2 Å². The Hall–Kier alpha value is -0.910. The van der Waals surface area contributed by atoms with Gasteiger partial charge in [-0.15, -0.1) is 0 Å². The number of nitrogens with zero attached hydrogens (tertiary/aromatic N) is 3. The molecule has 0 aliphatic heterocycles. The van der Waals surface area contributed by atoms with E-state index in [4.69, 9.17) is 21.8 Å². The van der Waals surface area contributed by atoms with Crippen molar-refractivity contribution in [1.82, 2.24) is 9.97 Å². The zero-order valence-corrected chi connectivity index (χ0v) is 9.98. The zero-order valence-electron chi connectivity index (χ0n) is 9.23. The first-order chi connectivity index (χ1) is 7.71. The number of aromatic nitrogens is 2. The molecule has 0 unspecified atom stereocenters. The first-order valence-electron chi connectivity index (χ1n) is 5.21. The van der Waals surface area contributed by atoms with Crippen molar-refractivity contribution in [2.45, 2.75) is 13.3 Å². The van der Waals surface area contributed by atoms with E-state index in [1.54, 1.807) is 11.0 Å². The summed E-state index contributed by atoms with van der Waals surface area (Å²) in [4.78, 5) is 10.1. The maximum atomic E-state index is 8.92. The van der Waals surface area contributed by atoms with Gasteiger partial charge in [0.2, 0.25) is 0 Å². The second-order valence-corrected chi connectivity index (χ2v) is 3.64. The van der Waals surface area contributed by atoms with Crippen LogP contribution < -0.4 is 4.90 Å². The smallest absolute Gasteiger partial charge is 0.134 e. The van der Waals surface area contributed by atoms with Crippen LogP contribution in [0.5, 0.6) is 0 Å². The zero-order chi connectivity index (χ0) is 12.0. The van der Waals surface area contributed by atoms with Gasteiger partial charge < -0.3 is 15.1 Å². The van der Waals surface area contributed by atoms with Gasteiger partial charge in [0.1, 0.15) is 16.8 Å². The molecule has 0 atom stereocenters. The Balaban J connectivity index is 2.93. The molecule has 0 fully saturated rings. The molecule has 0 saturated heterocycles. The standard InChI is InChI=1S/C10H16ClN3O2/c1-2-9-12-8(11)7-10(13-9)14(3-5-15)4-6-16/h7,15-16H,2-6H2,1H3. The molecule has 16 heavy (non-hydrogen) atoms. The van der Waals surface area contributed by atoms with Crippen LogP contribution in [0.25, 0.3) is 0 Å². The number of anilines is 1. The van der Waals surface area contributed by atoms with Gasteiger partial charge in [-0.1, -0.05) is 18.5 Å². The van der Waals surface area contributed by atoms with Gasteiger partial charge in [0.15, 0.2) is 0 Å². The van der Waals surface area contributed by atoms with Gasteiger partial charge in [0, 0.05) is 25.6 Å². The summed E-state index contributed by atoms with van der Waals surface area (Å²) in [6, 6.07) is 1.63. The van der Waals surface area contributed by atoms with E-state index in [2.05, 4.69) is 9.97 Å². The number of aryl methyl sites for hydroxylation is 1. The lowest BCUT2D eigenvalue weighted by molar-refractivity contribution is 0.280. The molecule has 0 bridgehead atoms. The monoisotopic (exact) mass is 245 g/mol. The van der Waals surface area contributed by atoms with Gasteiger partial charge in [-0.05, 0) is 0 Å². The molecule has 0 saturated carbocycles. The van der Waals surface area contributed by atoms with Crippen LogP contribution in [0.15, 0.2) is 6.07 Å². The predicted molar refractivity (Wildman–Crippen MR) is 62.8 cm³/mol. The molecule has 1 rings (SSSR count). The van der Waals surface area contributed by atoms with Crippen LogP contribution in [0.4, 0.5) is 5.82 Å². The number of aliphatic hydroxyl groups excluding tert-OH is 2. The quantitative estimate of drug-likeness (QED) is 0.714. The van der Waals surface area contributed by atoms with Crippen LogP contribution in [0, 0.1) is 0 Å². The van der Waals surface area contributed by atoms with Gasteiger partial charge in [-0.25, -0.2) is 9.97 Å². The first-order valence-corrected chi connectivity index (χ1v) is 5.59. The number of rotatable bonds is 6. The fraction of sp³-hybridized carbons (Fsp3) is 0.600. The molecule has 5 nitrogen and oxygen atoms in total. The van der Waals surface area contributed by atoms with E-state index < -0.39 is 0 Å². The lowest BCUT2D eigenvalue weighted by Crippen LogP contribution is -2.30. The SMILES string of the molecule is CCc1nc(Cl)cc(N(CCO)CCO)n1. The lowest BCUT2D eigenvalue weighted by atomic mass is 10.4. The van der Waals surface area contributed by atoms with E-state index in [1.165, 1.54) is 0 Å². The Morgan fingerprint density at radius 2 is 1.88 bits per heavy atom. The number of hydrogen-bond donors (Lipinski definition) is 2. The number of halogens is 1. The Kier molecular flexibility index (Phi) is 5.45. The van der Waals surface area contributed by atoms with Gasteiger partial charge in [-0.2, -0.15) is 0 Å². The third-order valence-corrected chi connectivity index (χ3v) is 2.30. The molecule has 1 heterocycles. The second-order valence-electron chi connectivity index (χ2n) is 3.25. The molecule has 0 aliphatic carbocycles. The van der Waals surface area contributed by atoms with Crippen LogP contribution in [0.3, 0.4) is 0 Å². The summed E-state index contributed by atoms with van der Waals surface area (Å²) >= 11 is 5.87. The molecule has 90 valence electrons. The van der Waals surface area contributed by atoms with E-state index in [0.29, 0.717) is 36.3 Å². The van der Waals surface area contributed by atoms with E-state index in [1.807, 2.05) is 6.92 Å². The van der Waals surface area contributed by atoms with Crippen LogP contribution >= 0.6 is 11.6 Å². The van der Waals surface area contributed by atoms with Crippen molar-refractivity contribution in [2.24, 2.45) is 0 Å². The number of aliphatic hydroxyl groups is 2. The average Bonchev–Trinajstić information content (AvgIpc) is 2.28. The van der Waals surface area contributed by atoms with Crippen LogP contribution in [0.1, 0.15) is 12.7 Å². The average molecular weight is 246 g/mol. The fourth-order valence-corrected chi connectivity index (χ4v) is 1.55. The third-order valence-electron chi connectivity index (χ3n) is 2.11. The summed E-state index contributed by atoms with van der Waals surface area (Å²) in [6.45, 7) is 2.78. The van der Waals surface area contributed by atoms with Crippen LogP contribution in [0.2, 0.25) is 5.15 Å². The largest absolute Gasteiger partial charge is 0.395 e. The van der Waals surface area contributed by atoms with Gasteiger partial charge in [-0.3, -0.25) is 0 Å². The normalized spacial score (nSPS) is 10.5. The minimum absolute atomic E-state index is 0.00306. The minimum Gasteiger partial charge on any atom is -0.395 e. The summed E-state index contributed by atoms with van der Waals surface area (Å²) in [5.74, 6) is 1.29. The summed E-state index contributed by atoms with van der Waals surface area (Å²) in [6.07, 6.45) is 0.694. The molecular weight excluding hydrogens is 230 g/mol. The highest BCUT2D eigenvalue weighted by Crippen LogP contribution is 2.16. The first kappa shape index (κ1) is 13.2. The van der Waals surface area contributed by atoms with Crippen molar-refractivity contribution in [3.05, 3.63) is 17.0 Å². The highest BCUT2D eigenvalue weighted by atomic mass is 35.5. The minimum atomic E-state index is 0.00306. The summed E-state index contributed by atoms with van der Waals surface area (Å²) in [5, 5.41) is 18.2. The van der Waals surface area contributed by atoms with Crippen molar-refractivity contribution in [3.8, 4) is 0 Å². The molecule has 0 aromatic carbocycles. The summed E-state index contributed by atoms with van der Waals surface area (Å²) in [5.41, 5.74) is 0. The molecular formula is C10H16ClN3O2. The van der Waals surface area contributed by atoms with E-state index in [0.717, 1.165) is 0 Å². The maximum Gasteiger partial charge on any atom is 0.134 e. The summed E-state index contributed by atoms with van der Waals surface area (Å²) in [7, 11) is 0. The Morgan fingerprint density at radius 1 is 1.25 bits per heavy atom. The lowest BCUT2D eigenvalue weighted by Gasteiger charge is -2.22. The molecule has 1 aromatic rings. The highest BCUT2D eigenvalue weighted by Gasteiger charge is 2.09. The Morgan fingerprint density at radius 3 is 2.38 bits per heavy atom. The number of hydrogen-bond acceptors (Lipinski definition) is 5. The van der Waals surface area contributed by atoms with E-state index in [-0.39, 0.29) is 13.2 Å². The molecule has 0 radical (unpaired) electrons. The second kappa shape index (κ2) is 6.62.